The predicted molar refractivity (Wildman–Crippen MR) is 86.9 cm³/mol. The summed E-state index contributed by atoms with van der Waals surface area (Å²) in [5.41, 5.74) is 2.71. The van der Waals surface area contributed by atoms with E-state index in [4.69, 9.17) is 9.47 Å². The first-order valence-electron chi connectivity index (χ1n) is 8.25. The Hall–Kier alpha value is -1.06. The lowest BCUT2D eigenvalue weighted by molar-refractivity contribution is 0.103. The van der Waals surface area contributed by atoms with Crippen molar-refractivity contribution in [3.63, 3.8) is 0 Å². The second-order valence-electron chi connectivity index (χ2n) is 6.10. The van der Waals surface area contributed by atoms with Crippen LogP contribution in [0.2, 0.25) is 0 Å². The van der Waals surface area contributed by atoms with Crippen LogP contribution < -0.4 is 10.1 Å². The average Bonchev–Trinajstić information content (AvgIpc) is 2.94. The summed E-state index contributed by atoms with van der Waals surface area (Å²) in [6, 6.07) is 7.39. The van der Waals surface area contributed by atoms with Gasteiger partial charge in [0.05, 0.1) is 13.2 Å². The van der Waals surface area contributed by atoms with Gasteiger partial charge in [0, 0.05) is 25.1 Å². The van der Waals surface area contributed by atoms with Crippen LogP contribution in [0.1, 0.15) is 51.3 Å². The number of nitrogens with one attached hydrogen (secondary N) is 1. The van der Waals surface area contributed by atoms with E-state index in [-0.39, 0.29) is 0 Å². The maximum Gasteiger partial charge on any atom is 0.122 e. The van der Waals surface area contributed by atoms with E-state index >= 15 is 0 Å². The van der Waals surface area contributed by atoms with Crippen molar-refractivity contribution in [2.75, 3.05) is 19.8 Å². The quantitative estimate of drug-likeness (QED) is 0.792. The lowest BCUT2D eigenvalue weighted by Crippen LogP contribution is -2.40. The minimum Gasteiger partial charge on any atom is -0.493 e. The highest BCUT2D eigenvalue weighted by molar-refractivity contribution is 5.40. The molecule has 1 aromatic carbocycles. The molecular formula is C18H29NO2. The van der Waals surface area contributed by atoms with Gasteiger partial charge in [0.15, 0.2) is 0 Å². The molecule has 1 N–H and O–H groups in total. The van der Waals surface area contributed by atoms with E-state index in [0.717, 1.165) is 38.4 Å². The third-order valence-corrected chi connectivity index (χ3v) is 4.25. The highest BCUT2D eigenvalue weighted by Crippen LogP contribution is 2.29. The van der Waals surface area contributed by atoms with Gasteiger partial charge in [-0.1, -0.05) is 32.9 Å². The fraction of sp³-hybridized carbons (Fsp3) is 0.667. The molecule has 2 atom stereocenters. The van der Waals surface area contributed by atoms with Crippen LogP contribution in [0, 0.1) is 5.92 Å². The van der Waals surface area contributed by atoms with Crippen LogP contribution in [0.25, 0.3) is 0 Å². The van der Waals surface area contributed by atoms with Crippen molar-refractivity contribution >= 4 is 0 Å². The molecule has 2 rings (SSSR count). The molecule has 0 radical (unpaired) electrons. The molecule has 21 heavy (non-hydrogen) atoms. The molecule has 0 fully saturated rings. The monoisotopic (exact) mass is 291 g/mol. The molecule has 0 saturated heterocycles. The van der Waals surface area contributed by atoms with Gasteiger partial charge in [-0.2, -0.15) is 0 Å². The maximum atomic E-state index is 5.63. The smallest absolute Gasteiger partial charge is 0.122 e. The van der Waals surface area contributed by atoms with E-state index in [1.807, 2.05) is 0 Å². The Morgan fingerprint density at radius 1 is 1.29 bits per heavy atom. The molecule has 0 spiro atoms. The lowest BCUT2D eigenvalue weighted by atomic mass is 9.97. The van der Waals surface area contributed by atoms with Crippen LogP contribution in [0.5, 0.6) is 5.75 Å². The molecular weight excluding hydrogens is 262 g/mol. The lowest BCUT2D eigenvalue weighted by Gasteiger charge is -2.28. The van der Waals surface area contributed by atoms with Gasteiger partial charge in [0.1, 0.15) is 5.75 Å². The first-order valence-corrected chi connectivity index (χ1v) is 8.25. The summed E-state index contributed by atoms with van der Waals surface area (Å²) in [5, 5.41) is 3.78. The molecule has 0 saturated carbocycles. The molecule has 0 amide bonds. The van der Waals surface area contributed by atoms with Crippen LogP contribution in [0.15, 0.2) is 18.2 Å². The van der Waals surface area contributed by atoms with Crippen LogP contribution in [-0.4, -0.2) is 25.9 Å². The summed E-state index contributed by atoms with van der Waals surface area (Å²) in [6.45, 7) is 11.2. The third-order valence-electron chi connectivity index (χ3n) is 4.25. The number of benzene rings is 1. The van der Waals surface area contributed by atoms with Gasteiger partial charge in [0.2, 0.25) is 0 Å². The average molecular weight is 291 g/mol. The number of ether oxygens (including phenoxy) is 2. The van der Waals surface area contributed by atoms with E-state index in [2.05, 4.69) is 51.2 Å². The summed E-state index contributed by atoms with van der Waals surface area (Å²) in [4.78, 5) is 0. The zero-order valence-electron chi connectivity index (χ0n) is 13.8. The SMILES string of the molecule is CCOCC(NC(CC)c1ccc2c(c1)CCO2)C(C)C. The maximum absolute atomic E-state index is 5.63. The second kappa shape index (κ2) is 7.81. The Bertz CT molecular complexity index is 445. The van der Waals surface area contributed by atoms with Crippen molar-refractivity contribution in [3.05, 3.63) is 29.3 Å². The topological polar surface area (TPSA) is 30.5 Å². The van der Waals surface area contributed by atoms with E-state index in [1.54, 1.807) is 0 Å². The Labute approximate surface area is 129 Å². The highest BCUT2D eigenvalue weighted by Gasteiger charge is 2.20. The van der Waals surface area contributed by atoms with E-state index in [0.29, 0.717) is 18.0 Å². The Morgan fingerprint density at radius 3 is 2.76 bits per heavy atom. The summed E-state index contributed by atoms with van der Waals surface area (Å²) in [5.74, 6) is 1.62. The van der Waals surface area contributed by atoms with Gasteiger partial charge in [0.25, 0.3) is 0 Å². The van der Waals surface area contributed by atoms with E-state index in [1.165, 1.54) is 11.1 Å². The summed E-state index contributed by atoms with van der Waals surface area (Å²) in [6.07, 6.45) is 2.11. The summed E-state index contributed by atoms with van der Waals surface area (Å²) >= 11 is 0. The standard InChI is InChI=1S/C18H29NO2/c1-5-16(19-17(13(3)4)12-20-6-2)14-7-8-18-15(11-14)9-10-21-18/h7-8,11,13,16-17,19H,5-6,9-10,12H2,1-4H3. The Kier molecular flexibility index (Phi) is 6.07. The van der Waals surface area contributed by atoms with Gasteiger partial charge >= 0.3 is 0 Å². The molecule has 1 aromatic rings. The number of rotatable bonds is 8. The second-order valence-corrected chi connectivity index (χ2v) is 6.10. The van der Waals surface area contributed by atoms with Gasteiger partial charge < -0.3 is 14.8 Å². The fourth-order valence-electron chi connectivity index (χ4n) is 2.81. The minimum atomic E-state index is 0.378. The predicted octanol–water partition coefficient (Wildman–Crippen LogP) is 3.72. The van der Waals surface area contributed by atoms with Crippen molar-refractivity contribution in [3.8, 4) is 5.75 Å². The van der Waals surface area contributed by atoms with Gasteiger partial charge in [-0.25, -0.2) is 0 Å². The molecule has 3 heteroatoms. The Morgan fingerprint density at radius 2 is 2.10 bits per heavy atom. The molecule has 1 heterocycles. The number of fused-ring (bicyclic) bond motifs is 1. The van der Waals surface area contributed by atoms with Crippen molar-refractivity contribution in [1.29, 1.82) is 0 Å². The van der Waals surface area contributed by atoms with Gasteiger partial charge in [-0.15, -0.1) is 0 Å². The first kappa shape index (κ1) is 16.3. The summed E-state index contributed by atoms with van der Waals surface area (Å²) in [7, 11) is 0. The molecule has 0 aliphatic carbocycles. The van der Waals surface area contributed by atoms with Crippen molar-refractivity contribution in [2.45, 2.75) is 52.6 Å². The zero-order valence-corrected chi connectivity index (χ0v) is 13.8. The fourth-order valence-corrected chi connectivity index (χ4v) is 2.81. The van der Waals surface area contributed by atoms with Crippen molar-refractivity contribution in [1.82, 2.24) is 5.32 Å². The molecule has 3 nitrogen and oxygen atoms in total. The molecule has 0 aromatic heterocycles. The van der Waals surface area contributed by atoms with E-state index < -0.39 is 0 Å². The van der Waals surface area contributed by atoms with Crippen LogP contribution in [-0.2, 0) is 11.2 Å². The molecule has 1 aliphatic heterocycles. The zero-order chi connectivity index (χ0) is 15.2. The molecule has 0 bridgehead atoms. The minimum absolute atomic E-state index is 0.378. The molecule has 2 unspecified atom stereocenters. The Balaban J connectivity index is 2.07. The van der Waals surface area contributed by atoms with Crippen molar-refractivity contribution < 1.29 is 9.47 Å². The van der Waals surface area contributed by atoms with Crippen LogP contribution in [0.4, 0.5) is 0 Å². The molecule has 1 aliphatic rings. The van der Waals surface area contributed by atoms with Gasteiger partial charge in [-0.3, -0.25) is 0 Å². The van der Waals surface area contributed by atoms with E-state index in [9.17, 15) is 0 Å². The third kappa shape index (κ3) is 4.21. The molecule has 118 valence electrons. The van der Waals surface area contributed by atoms with Gasteiger partial charge in [-0.05, 0) is 36.5 Å². The van der Waals surface area contributed by atoms with Crippen molar-refractivity contribution in [2.24, 2.45) is 5.92 Å². The number of hydrogen-bond donors (Lipinski definition) is 1. The first-order chi connectivity index (χ1) is 10.2. The highest BCUT2D eigenvalue weighted by atomic mass is 16.5. The summed E-state index contributed by atoms with van der Waals surface area (Å²) < 4.78 is 11.2. The van der Waals surface area contributed by atoms with Crippen LogP contribution >= 0.6 is 0 Å². The largest absolute Gasteiger partial charge is 0.493 e. The van der Waals surface area contributed by atoms with Crippen LogP contribution in [0.3, 0.4) is 0 Å². The normalized spacial score (nSPS) is 16.6. The number of hydrogen-bond acceptors (Lipinski definition) is 3.